The van der Waals surface area contributed by atoms with E-state index in [0.29, 0.717) is 0 Å². The topological polar surface area (TPSA) is 119 Å². The van der Waals surface area contributed by atoms with Crippen LogP contribution < -0.4 is 0 Å². The highest BCUT2D eigenvalue weighted by Gasteiger charge is 2.56. The van der Waals surface area contributed by atoms with E-state index in [2.05, 4.69) is 0 Å². The van der Waals surface area contributed by atoms with Crippen LogP contribution in [-0.2, 0) is 82.4 Å². The van der Waals surface area contributed by atoms with Crippen molar-refractivity contribution < 1.29 is 47.9 Å². The zero-order chi connectivity index (χ0) is 43.5. The Hall–Kier alpha value is -5.98. The van der Waals surface area contributed by atoms with Gasteiger partial charge < -0.3 is 38.3 Å². The molecule has 5 atom stereocenters. The fourth-order valence-corrected chi connectivity index (χ4v) is 7.48. The zero-order valence-electron chi connectivity index (χ0n) is 35.2. The maximum absolute atomic E-state index is 13.9. The maximum atomic E-state index is 13.9. The Morgan fingerprint density at radius 2 is 0.825 bits per heavy atom. The molecule has 0 saturated carbocycles. The maximum Gasteiger partial charge on any atom is 0.320 e. The van der Waals surface area contributed by atoms with E-state index in [1.165, 1.54) is 0 Å². The van der Waals surface area contributed by atoms with E-state index in [1.54, 1.807) is 0 Å². The van der Waals surface area contributed by atoms with Crippen LogP contribution in [0.15, 0.2) is 182 Å². The molecule has 0 radical (unpaired) electrons. The van der Waals surface area contributed by atoms with Gasteiger partial charge >= 0.3 is 11.9 Å². The second-order valence-electron chi connectivity index (χ2n) is 15.5. The molecule has 0 aliphatic carbocycles. The highest BCUT2D eigenvalue weighted by molar-refractivity contribution is 5.94. The van der Waals surface area contributed by atoms with Crippen molar-refractivity contribution in [3.8, 4) is 0 Å². The van der Waals surface area contributed by atoms with Gasteiger partial charge in [0.25, 0.3) is 0 Å². The largest absolute Gasteiger partial charge is 0.460 e. The van der Waals surface area contributed by atoms with Crippen LogP contribution in [0.5, 0.6) is 0 Å². The van der Waals surface area contributed by atoms with E-state index in [0.717, 1.165) is 33.4 Å². The third kappa shape index (κ3) is 13.5. The predicted octanol–water partition coefficient (Wildman–Crippen LogP) is 8.93. The standard InChI is InChI=1S/C53H54O10/c54-51(61-37-44-27-15-5-16-28-44)46(52(55)62-38-45-29-17-6-18-30-45)31-32-53(56)50(60-36-43-25-13-4-14-26-43)49(59-35-42-23-11-3-12-24-42)48(58-34-41-21-9-2-10-22-41)47(63-53)39-57-33-40-19-7-1-8-20-40/h1-30,46-50,56H,31-39H2/t47-,48-,49+,50-,53?/m1/s1. The summed E-state index contributed by atoms with van der Waals surface area (Å²) in [5, 5.41) is 13.1. The lowest BCUT2D eigenvalue weighted by Crippen LogP contribution is -2.67. The Morgan fingerprint density at radius 1 is 0.476 bits per heavy atom. The number of benzene rings is 6. The van der Waals surface area contributed by atoms with Crippen molar-refractivity contribution in [3.05, 3.63) is 215 Å². The van der Waals surface area contributed by atoms with Crippen LogP contribution >= 0.6 is 0 Å². The molecule has 1 unspecified atom stereocenters. The van der Waals surface area contributed by atoms with Crippen LogP contribution in [0.4, 0.5) is 0 Å². The summed E-state index contributed by atoms with van der Waals surface area (Å²) in [5.74, 6) is -5.13. The summed E-state index contributed by atoms with van der Waals surface area (Å²) >= 11 is 0. The lowest BCUT2D eigenvalue weighted by molar-refractivity contribution is -0.373. The molecule has 1 saturated heterocycles. The van der Waals surface area contributed by atoms with Gasteiger partial charge in [-0.3, -0.25) is 9.59 Å². The second-order valence-corrected chi connectivity index (χ2v) is 15.5. The first-order chi connectivity index (χ1) is 30.9. The third-order valence-electron chi connectivity index (χ3n) is 10.8. The molecule has 10 heteroatoms. The van der Waals surface area contributed by atoms with Crippen molar-refractivity contribution in [1.29, 1.82) is 0 Å². The van der Waals surface area contributed by atoms with Crippen LogP contribution in [0.1, 0.15) is 46.2 Å². The fourth-order valence-electron chi connectivity index (χ4n) is 7.48. The second kappa shape index (κ2) is 23.5. The molecular formula is C53H54O10. The quantitative estimate of drug-likeness (QED) is 0.0524. The number of ether oxygens (including phenoxy) is 7. The van der Waals surface area contributed by atoms with Gasteiger partial charge in [0.2, 0.25) is 0 Å². The Bertz CT molecular complexity index is 2170. The number of carbonyl (C=O) groups is 2. The summed E-state index contributed by atoms with van der Waals surface area (Å²) in [6, 6.07) is 57.2. The number of esters is 2. The first-order valence-corrected chi connectivity index (χ1v) is 21.3. The Morgan fingerprint density at radius 3 is 1.24 bits per heavy atom. The number of carbonyl (C=O) groups excluding carboxylic acids is 2. The average molecular weight is 851 g/mol. The van der Waals surface area contributed by atoms with E-state index in [-0.39, 0.29) is 59.1 Å². The minimum absolute atomic E-state index is 0.00886. The molecule has 6 aromatic carbocycles. The van der Waals surface area contributed by atoms with E-state index < -0.39 is 48.1 Å². The molecule has 1 N–H and O–H groups in total. The third-order valence-corrected chi connectivity index (χ3v) is 10.8. The molecule has 63 heavy (non-hydrogen) atoms. The molecule has 6 aromatic rings. The monoisotopic (exact) mass is 850 g/mol. The van der Waals surface area contributed by atoms with Gasteiger partial charge in [-0.15, -0.1) is 0 Å². The molecule has 1 aliphatic rings. The summed E-state index contributed by atoms with van der Waals surface area (Å²) in [6.45, 7) is 0.637. The number of hydrogen-bond acceptors (Lipinski definition) is 10. The van der Waals surface area contributed by atoms with Crippen LogP contribution in [0.25, 0.3) is 0 Å². The lowest BCUT2D eigenvalue weighted by atomic mass is 9.87. The molecule has 0 aromatic heterocycles. The molecule has 1 fully saturated rings. The summed E-state index contributed by atoms with van der Waals surface area (Å²) in [6.07, 6.45) is -4.28. The smallest absolute Gasteiger partial charge is 0.320 e. The van der Waals surface area contributed by atoms with Gasteiger partial charge in [0, 0.05) is 6.42 Å². The van der Waals surface area contributed by atoms with Crippen molar-refractivity contribution in [3.63, 3.8) is 0 Å². The van der Waals surface area contributed by atoms with Crippen molar-refractivity contribution in [2.75, 3.05) is 6.61 Å². The van der Waals surface area contributed by atoms with Crippen LogP contribution in [-0.4, -0.2) is 53.9 Å². The molecule has 10 nitrogen and oxygen atoms in total. The molecule has 0 bridgehead atoms. The summed E-state index contributed by atoms with van der Waals surface area (Å²) in [7, 11) is 0. The molecule has 326 valence electrons. The highest BCUT2D eigenvalue weighted by Crippen LogP contribution is 2.39. The molecule has 0 spiro atoms. The van der Waals surface area contributed by atoms with Crippen LogP contribution in [0, 0.1) is 5.92 Å². The van der Waals surface area contributed by atoms with Gasteiger partial charge in [0.1, 0.15) is 37.6 Å². The molecule has 1 heterocycles. The SMILES string of the molecule is O=C(OCc1ccccc1)C(CCC1(O)O[C@H](COCc2ccccc2)[C@@H](OCc2ccccc2)[C@H](OCc2ccccc2)[C@H]1OCc1ccccc1)C(=O)OCc1ccccc1. The minimum atomic E-state index is -2.14. The summed E-state index contributed by atoms with van der Waals surface area (Å²) in [5.41, 5.74) is 5.14. The van der Waals surface area contributed by atoms with E-state index in [4.69, 9.17) is 33.2 Å². The Balaban J connectivity index is 1.21. The summed E-state index contributed by atoms with van der Waals surface area (Å²) in [4.78, 5) is 27.9. The Labute approximate surface area is 369 Å². The first-order valence-electron chi connectivity index (χ1n) is 21.3. The van der Waals surface area contributed by atoms with Gasteiger partial charge in [-0.25, -0.2) is 0 Å². The molecular weight excluding hydrogens is 797 g/mol. The zero-order valence-corrected chi connectivity index (χ0v) is 35.2. The van der Waals surface area contributed by atoms with Crippen molar-refractivity contribution >= 4 is 11.9 Å². The van der Waals surface area contributed by atoms with E-state index in [1.807, 2.05) is 182 Å². The van der Waals surface area contributed by atoms with E-state index >= 15 is 0 Å². The van der Waals surface area contributed by atoms with Crippen LogP contribution in [0.2, 0.25) is 0 Å². The Kier molecular flexibility index (Phi) is 16.8. The average Bonchev–Trinajstić information content (AvgIpc) is 3.33. The van der Waals surface area contributed by atoms with Gasteiger partial charge in [0.05, 0.1) is 33.0 Å². The lowest BCUT2D eigenvalue weighted by Gasteiger charge is -2.50. The molecule has 1 aliphatic heterocycles. The number of aliphatic hydroxyl groups is 1. The van der Waals surface area contributed by atoms with Gasteiger partial charge in [-0.2, -0.15) is 0 Å². The molecule has 7 rings (SSSR count). The fraction of sp³-hybridized carbons (Fsp3) is 0.283. The van der Waals surface area contributed by atoms with E-state index in [9.17, 15) is 14.7 Å². The van der Waals surface area contributed by atoms with Crippen LogP contribution in [0.3, 0.4) is 0 Å². The first kappa shape index (κ1) is 45.1. The van der Waals surface area contributed by atoms with Crippen molar-refractivity contribution in [2.24, 2.45) is 5.92 Å². The normalized spacial score (nSPS) is 19.7. The summed E-state index contributed by atoms with van der Waals surface area (Å²) < 4.78 is 44.8. The van der Waals surface area contributed by atoms with Gasteiger partial charge in [-0.05, 0) is 39.8 Å². The number of hydrogen-bond donors (Lipinski definition) is 1. The molecule has 0 amide bonds. The predicted molar refractivity (Wildman–Crippen MR) is 236 cm³/mol. The number of rotatable bonds is 22. The van der Waals surface area contributed by atoms with Crippen molar-refractivity contribution in [1.82, 2.24) is 0 Å². The van der Waals surface area contributed by atoms with Gasteiger partial charge in [-0.1, -0.05) is 182 Å². The highest BCUT2D eigenvalue weighted by atomic mass is 16.7. The van der Waals surface area contributed by atoms with Crippen molar-refractivity contribution in [2.45, 2.75) is 82.7 Å². The minimum Gasteiger partial charge on any atom is -0.460 e. The van der Waals surface area contributed by atoms with Gasteiger partial charge in [0.15, 0.2) is 11.7 Å².